The fourth-order valence-corrected chi connectivity index (χ4v) is 2.85. The van der Waals surface area contributed by atoms with Gasteiger partial charge in [0.25, 0.3) is 5.91 Å². The molecule has 0 aliphatic heterocycles. The summed E-state index contributed by atoms with van der Waals surface area (Å²) in [6.45, 7) is 7.04. The molecule has 1 amide bonds. The average Bonchev–Trinajstić information content (AvgIpc) is 2.66. The molecule has 4 heteroatoms. The van der Waals surface area contributed by atoms with Gasteiger partial charge in [-0.3, -0.25) is 4.79 Å². The van der Waals surface area contributed by atoms with Crippen LogP contribution in [0.2, 0.25) is 0 Å². The van der Waals surface area contributed by atoms with Crippen LogP contribution in [0, 0.1) is 0 Å². The highest BCUT2D eigenvalue weighted by atomic mass is 16.1. The van der Waals surface area contributed by atoms with Crippen LogP contribution in [0.5, 0.6) is 0 Å². The molecule has 2 rings (SSSR count). The predicted molar refractivity (Wildman–Crippen MR) is 104 cm³/mol. The fourth-order valence-electron chi connectivity index (χ4n) is 2.85. The molecule has 0 unspecified atom stereocenters. The highest BCUT2D eigenvalue weighted by Crippen LogP contribution is 2.14. The molecular formula is C21H29N3O. The van der Waals surface area contributed by atoms with Gasteiger partial charge >= 0.3 is 0 Å². The van der Waals surface area contributed by atoms with E-state index in [1.165, 1.54) is 5.56 Å². The van der Waals surface area contributed by atoms with Crippen LogP contribution in [0.25, 0.3) is 0 Å². The van der Waals surface area contributed by atoms with Crippen molar-refractivity contribution in [3.8, 4) is 0 Å². The summed E-state index contributed by atoms with van der Waals surface area (Å²) in [6, 6.07) is 14.1. The minimum atomic E-state index is -0.0999. The van der Waals surface area contributed by atoms with E-state index >= 15 is 0 Å². The van der Waals surface area contributed by atoms with Gasteiger partial charge in [0.05, 0.1) is 11.9 Å². The quantitative estimate of drug-likeness (QED) is 0.664. The molecule has 0 atom stereocenters. The van der Waals surface area contributed by atoms with Crippen LogP contribution in [0.1, 0.15) is 49.2 Å². The third kappa shape index (κ3) is 6.22. The lowest BCUT2D eigenvalue weighted by atomic mass is 10.1. The number of anilines is 1. The summed E-state index contributed by atoms with van der Waals surface area (Å²) >= 11 is 0. The Balaban J connectivity index is 1.81. The van der Waals surface area contributed by atoms with Crippen LogP contribution in [-0.4, -0.2) is 30.5 Å². The topological polar surface area (TPSA) is 45.2 Å². The van der Waals surface area contributed by atoms with Crippen molar-refractivity contribution >= 4 is 11.6 Å². The monoisotopic (exact) mass is 339 g/mol. The maximum atomic E-state index is 12.2. The molecule has 0 saturated carbocycles. The van der Waals surface area contributed by atoms with Gasteiger partial charge in [-0.05, 0) is 43.4 Å². The van der Waals surface area contributed by atoms with E-state index in [0.29, 0.717) is 12.2 Å². The number of benzene rings is 1. The number of hydrogen-bond donors (Lipinski definition) is 1. The molecule has 1 heterocycles. The molecule has 4 nitrogen and oxygen atoms in total. The summed E-state index contributed by atoms with van der Waals surface area (Å²) in [5.41, 5.74) is 2.87. The molecule has 1 N–H and O–H groups in total. The number of carbonyl (C=O) groups is 1. The van der Waals surface area contributed by atoms with Crippen molar-refractivity contribution in [2.75, 3.05) is 24.5 Å². The van der Waals surface area contributed by atoms with Crippen molar-refractivity contribution in [2.45, 2.75) is 39.5 Å². The SMILES string of the molecule is CCCN(CCC)c1ccc(C(=O)NCCCc2ccccc2)nc1. The van der Waals surface area contributed by atoms with Crippen LogP contribution < -0.4 is 10.2 Å². The van der Waals surface area contributed by atoms with E-state index in [2.05, 4.69) is 41.2 Å². The molecule has 0 aliphatic carbocycles. The number of amides is 1. The van der Waals surface area contributed by atoms with Gasteiger partial charge in [0.15, 0.2) is 0 Å². The number of carbonyl (C=O) groups excluding carboxylic acids is 1. The Morgan fingerprint density at radius 2 is 1.76 bits per heavy atom. The summed E-state index contributed by atoms with van der Waals surface area (Å²) in [4.78, 5) is 18.9. The van der Waals surface area contributed by atoms with Gasteiger partial charge in [-0.25, -0.2) is 4.98 Å². The van der Waals surface area contributed by atoms with Gasteiger partial charge in [-0.2, -0.15) is 0 Å². The summed E-state index contributed by atoms with van der Waals surface area (Å²) in [6.07, 6.45) is 5.91. The maximum absolute atomic E-state index is 12.2. The number of aromatic nitrogens is 1. The van der Waals surface area contributed by atoms with Crippen molar-refractivity contribution in [1.82, 2.24) is 10.3 Å². The van der Waals surface area contributed by atoms with Gasteiger partial charge in [-0.15, -0.1) is 0 Å². The Morgan fingerprint density at radius 1 is 1.04 bits per heavy atom. The highest BCUT2D eigenvalue weighted by molar-refractivity contribution is 5.92. The largest absolute Gasteiger partial charge is 0.370 e. The fraction of sp³-hybridized carbons (Fsp3) is 0.429. The zero-order valence-corrected chi connectivity index (χ0v) is 15.4. The Kier molecular flexibility index (Phi) is 7.96. The average molecular weight is 339 g/mol. The lowest BCUT2D eigenvalue weighted by molar-refractivity contribution is 0.0948. The smallest absolute Gasteiger partial charge is 0.269 e. The van der Waals surface area contributed by atoms with E-state index in [1.54, 1.807) is 0 Å². The second kappa shape index (κ2) is 10.5. The van der Waals surface area contributed by atoms with Gasteiger partial charge in [0, 0.05) is 19.6 Å². The third-order valence-electron chi connectivity index (χ3n) is 4.10. The minimum Gasteiger partial charge on any atom is -0.370 e. The summed E-state index contributed by atoms with van der Waals surface area (Å²) in [5, 5.41) is 2.95. The van der Waals surface area contributed by atoms with Gasteiger partial charge in [0.1, 0.15) is 5.69 Å². The molecule has 0 saturated heterocycles. The molecule has 0 fully saturated rings. The molecule has 25 heavy (non-hydrogen) atoms. The van der Waals surface area contributed by atoms with E-state index in [-0.39, 0.29) is 5.91 Å². The van der Waals surface area contributed by atoms with E-state index in [0.717, 1.165) is 44.5 Å². The molecule has 1 aromatic heterocycles. The second-order valence-electron chi connectivity index (χ2n) is 6.23. The number of aryl methyl sites for hydroxylation is 1. The Labute approximate surface area is 151 Å². The number of pyridine rings is 1. The first kappa shape index (κ1) is 19.0. The molecule has 0 aliphatic rings. The van der Waals surface area contributed by atoms with E-state index in [4.69, 9.17) is 0 Å². The van der Waals surface area contributed by atoms with Crippen LogP contribution in [-0.2, 0) is 6.42 Å². The minimum absolute atomic E-state index is 0.0999. The van der Waals surface area contributed by atoms with Crippen molar-refractivity contribution < 1.29 is 4.79 Å². The molecule has 2 aromatic rings. The predicted octanol–water partition coefficient (Wildman–Crippen LogP) is 4.07. The summed E-state index contributed by atoms with van der Waals surface area (Å²) in [5.74, 6) is -0.0999. The van der Waals surface area contributed by atoms with E-state index < -0.39 is 0 Å². The van der Waals surface area contributed by atoms with Crippen LogP contribution >= 0.6 is 0 Å². The first-order valence-electron chi connectivity index (χ1n) is 9.27. The lowest BCUT2D eigenvalue weighted by Crippen LogP contribution is -2.27. The van der Waals surface area contributed by atoms with Crippen molar-refractivity contribution in [3.63, 3.8) is 0 Å². The van der Waals surface area contributed by atoms with E-state index in [1.807, 2.05) is 36.5 Å². The van der Waals surface area contributed by atoms with Crippen molar-refractivity contribution in [3.05, 3.63) is 59.9 Å². The Hall–Kier alpha value is -2.36. The molecule has 0 bridgehead atoms. The van der Waals surface area contributed by atoms with Crippen LogP contribution in [0.4, 0.5) is 5.69 Å². The van der Waals surface area contributed by atoms with Crippen LogP contribution in [0.3, 0.4) is 0 Å². The van der Waals surface area contributed by atoms with Crippen molar-refractivity contribution in [1.29, 1.82) is 0 Å². The normalized spacial score (nSPS) is 10.5. The molecule has 1 aromatic carbocycles. The Bertz CT molecular complexity index is 619. The number of nitrogens with zero attached hydrogens (tertiary/aromatic N) is 2. The van der Waals surface area contributed by atoms with Crippen LogP contribution in [0.15, 0.2) is 48.7 Å². The summed E-state index contributed by atoms with van der Waals surface area (Å²) in [7, 11) is 0. The standard InChI is InChI=1S/C21H29N3O/c1-3-15-24(16-4-2)19-12-13-20(23-17-19)21(25)22-14-8-11-18-9-6-5-7-10-18/h5-7,9-10,12-13,17H,3-4,8,11,14-16H2,1-2H3,(H,22,25). The maximum Gasteiger partial charge on any atom is 0.269 e. The summed E-state index contributed by atoms with van der Waals surface area (Å²) < 4.78 is 0. The number of rotatable bonds is 10. The Morgan fingerprint density at radius 3 is 2.36 bits per heavy atom. The zero-order valence-electron chi connectivity index (χ0n) is 15.4. The highest BCUT2D eigenvalue weighted by Gasteiger charge is 2.09. The first-order chi connectivity index (χ1) is 12.2. The molecule has 0 radical (unpaired) electrons. The molecule has 134 valence electrons. The number of nitrogens with one attached hydrogen (secondary N) is 1. The molecular weight excluding hydrogens is 310 g/mol. The van der Waals surface area contributed by atoms with E-state index in [9.17, 15) is 4.79 Å². The number of hydrogen-bond acceptors (Lipinski definition) is 3. The second-order valence-corrected chi connectivity index (χ2v) is 6.23. The van der Waals surface area contributed by atoms with Gasteiger partial charge in [0.2, 0.25) is 0 Å². The van der Waals surface area contributed by atoms with Gasteiger partial charge < -0.3 is 10.2 Å². The first-order valence-corrected chi connectivity index (χ1v) is 9.27. The van der Waals surface area contributed by atoms with Gasteiger partial charge in [-0.1, -0.05) is 44.2 Å². The molecule has 0 spiro atoms. The van der Waals surface area contributed by atoms with Crippen molar-refractivity contribution in [2.24, 2.45) is 0 Å². The zero-order chi connectivity index (χ0) is 17.9. The third-order valence-corrected chi connectivity index (χ3v) is 4.10. The lowest BCUT2D eigenvalue weighted by Gasteiger charge is -2.23.